The average Bonchev–Trinajstić information content (AvgIpc) is 2.32. The summed E-state index contributed by atoms with van der Waals surface area (Å²) in [6.07, 6.45) is 8.62. The van der Waals surface area contributed by atoms with E-state index in [0.717, 1.165) is 23.2 Å². The zero-order chi connectivity index (χ0) is 12.1. The summed E-state index contributed by atoms with van der Waals surface area (Å²) in [7, 11) is 2.21. The topological polar surface area (TPSA) is 25.4 Å². The van der Waals surface area contributed by atoms with Crippen molar-refractivity contribution >= 4 is 15.9 Å². The predicted octanol–water partition coefficient (Wildman–Crippen LogP) is 3.10. The highest BCUT2D eigenvalue weighted by Gasteiger charge is 2.18. The van der Waals surface area contributed by atoms with Crippen LogP contribution in [-0.2, 0) is 0 Å². The van der Waals surface area contributed by atoms with E-state index < -0.39 is 0 Å². The summed E-state index contributed by atoms with van der Waals surface area (Å²) in [4.78, 5) is 6.53. The largest absolute Gasteiger partial charge is 0.492 e. The second kappa shape index (κ2) is 6.36. The van der Waals surface area contributed by atoms with Crippen molar-refractivity contribution in [3.8, 4) is 5.75 Å². The number of aromatic nitrogens is 1. The lowest BCUT2D eigenvalue weighted by Crippen LogP contribution is -2.37. The Labute approximate surface area is 111 Å². The van der Waals surface area contributed by atoms with Gasteiger partial charge < -0.3 is 9.64 Å². The lowest BCUT2D eigenvalue weighted by atomic mass is 10.0. The molecule has 1 aliphatic rings. The second-order valence-electron chi connectivity index (χ2n) is 4.61. The van der Waals surface area contributed by atoms with Gasteiger partial charge in [-0.3, -0.25) is 4.98 Å². The van der Waals surface area contributed by atoms with E-state index in [0.29, 0.717) is 6.04 Å². The maximum atomic E-state index is 5.72. The molecule has 2 rings (SSSR count). The van der Waals surface area contributed by atoms with Crippen LogP contribution in [0.3, 0.4) is 0 Å². The van der Waals surface area contributed by atoms with Gasteiger partial charge in [-0.25, -0.2) is 0 Å². The Morgan fingerprint density at radius 3 is 3.12 bits per heavy atom. The number of hydrogen-bond acceptors (Lipinski definition) is 3. The molecule has 0 aromatic carbocycles. The third kappa shape index (κ3) is 3.96. The fourth-order valence-corrected chi connectivity index (χ4v) is 2.64. The second-order valence-corrected chi connectivity index (χ2v) is 5.52. The number of halogens is 1. The van der Waals surface area contributed by atoms with E-state index in [4.69, 9.17) is 4.74 Å². The summed E-state index contributed by atoms with van der Waals surface area (Å²) in [5, 5.41) is 0. The minimum atomic E-state index is 0.684. The summed E-state index contributed by atoms with van der Waals surface area (Å²) in [5.74, 6) is 0.845. The fraction of sp³-hybridized carbons (Fsp3) is 0.615. The van der Waals surface area contributed by atoms with E-state index in [-0.39, 0.29) is 0 Å². The van der Waals surface area contributed by atoms with Crippen LogP contribution < -0.4 is 4.74 Å². The number of rotatable bonds is 4. The molecule has 3 nitrogen and oxygen atoms in total. The average molecular weight is 299 g/mol. The summed E-state index contributed by atoms with van der Waals surface area (Å²) < 4.78 is 6.68. The first-order valence-corrected chi connectivity index (χ1v) is 6.98. The van der Waals surface area contributed by atoms with Crippen LogP contribution in [-0.4, -0.2) is 36.1 Å². The SMILES string of the molecule is CN1CCCCC1CCOc1cncc(Br)c1. The van der Waals surface area contributed by atoms with Crippen molar-refractivity contribution in [1.29, 1.82) is 0 Å². The molecule has 1 saturated heterocycles. The maximum Gasteiger partial charge on any atom is 0.138 e. The first-order chi connectivity index (χ1) is 8.25. The lowest BCUT2D eigenvalue weighted by Gasteiger charge is -2.32. The minimum absolute atomic E-state index is 0.684. The molecule has 1 unspecified atom stereocenters. The van der Waals surface area contributed by atoms with Crippen LogP contribution >= 0.6 is 15.9 Å². The monoisotopic (exact) mass is 298 g/mol. The van der Waals surface area contributed by atoms with Crippen LogP contribution in [0.5, 0.6) is 5.75 Å². The van der Waals surface area contributed by atoms with Crippen LogP contribution in [0.2, 0.25) is 0 Å². The molecule has 0 N–H and O–H groups in total. The Bertz CT molecular complexity index is 359. The molecule has 4 heteroatoms. The molecular formula is C13H19BrN2O. The van der Waals surface area contributed by atoms with Gasteiger partial charge in [-0.05, 0) is 54.9 Å². The number of hydrogen-bond donors (Lipinski definition) is 0. The highest BCUT2D eigenvalue weighted by atomic mass is 79.9. The van der Waals surface area contributed by atoms with Gasteiger partial charge in [0, 0.05) is 16.7 Å². The van der Waals surface area contributed by atoms with Gasteiger partial charge in [0.05, 0.1) is 12.8 Å². The Hall–Kier alpha value is -0.610. The number of likely N-dealkylation sites (tertiary alicyclic amines) is 1. The van der Waals surface area contributed by atoms with E-state index in [2.05, 4.69) is 32.9 Å². The summed E-state index contributed by atoms with van der Waals surface area (Å²) in [6.45, 7) is 2.00. The van der Waals surface area contributed by atoms with E-state index in [1.54, 1.807) is 12.4 Å². The number of ether oxygens (including phenoxy) is 1. The Balaban J connectivity index is 1.75. The molecule has 17 heavy (non-hydrogen) atoms. The smallest absolute Gasteiger partial charge is 0.138 e. The van der Waals surface area contributed by atoms with Gasteiger partial charge in [0.1, 0.15) is 5.75 Å². The standard InChI is InChI=1S/C13H19BrN2O/c1-16-6-3-2-4-12(16)5-7-17-13-8-11(14)9-15-10-13/h8-10,12H,2-7H2,1H3. The number of pyridine rings is 1. The van der Waals surface area contributed by atoms with E-state index in [1.807, 2.05) is 6.07 Å². The quantitative estimate of drug-likeness (QED) is 0.854. The van der Waals surface area contributed by atoms with E-state index >= 15 is 0 Å². The van der Waals surface area contributed by atoms with Crippen molar-refractivity contribution in [1.82, 2.24) is 9.88 Å². The van der Waals surface area contributed by atoms with Crippen LogP contribution in [0.1, 0.15) is 25.7 Å². The van der Waals surface area contributed by atoms with Crippen molar-refractivity contribution in [3.63, 3.8) is 0 Å². The Morgan fingerprint density at radius 1 is 1.47 bits per heavy atom. The minimum Gasteiger partial charge on any atom is -0.492 e. The zero-order valence-electron chi connectivity index (χ0n) is 10.2. The van der Waals surface area contributed by atoms with Gasteiger partial charge in [0.15, 0.2) is 0 Å². The fourth-order valence-electron chi connectivity index (χ4n) is 2.29. The molecule has 0 aliphatic carbocycles. The molecule has 0 bridgehead atoms. The molecule has 2 heterocycles. The van der Waals surface area contributed by atoms with Crippen LogP contribution in [0.25, 0.3) is 0 Å². The molecule has 0 spiro atoms. The van der Waals surface area contributed by atoms with Gasteiger partial charge in [-0.15, -0.1) is 0 Å². The van der Waals surface area contributed by atoms with Crippen LogP contribution in [0.4, 0.5) is 0 Å². The first-order valence-electron chi connectivity index (χ1n) is 6.19. The third-order valence-corrected chi connectivity index (χ3v) is 3.75. The van der Waals surface area contributed by atoms with Gasteiger partial charge in [-0.2, -0.15) is 0 Å². The highest BCUT2D eigenvalue weighted by molar-refractivity contribution is 9.10. The number of piperidine rings is 1. The summed E-state index contributed by atoms with van der Waals surface area (Å²) in [6, 6.07) is 2.64. The molecule has 1 aliphatic heterocycles. The van der Waals surface area contributed by atoms with Crippen molar-refractivity contribution in [2.24, 2.45) is 0 Å². The molecule has 0 saturated carbocycles. The molecule has 0 radical (unpaired) electrons. The zero-order valence-corrected chi connectivity index (χ0v) is 11.8. The predicted molar refractivity (Wildman–Crippen MR) is 72.3 cm³/mol. The van der Waals surface area contributed by atoms with Crippen molar-refractivity contribution < 1.29 is 4.74 Å². The van der Waals surface area contributed by atoms with Crippen molar-refractivity contribution in [3.05, 3.63) is 22.9 Å². The molecule has 0 amide bonds. The van der Waals surface area contributed by atoms with Crippen LogP contribution in [0, 0.1) is 0 Å². The summed E-state index contributed by atoms with van der Waals surface area (Å²) in [5.41, 5.74) is 0. The maximum absolute atomic E-state index is 5.72. The molecule has 1 fully saturated rings. The molecular weight excluding hydrogens is 280 g/mol. The Morgan fingerprint density at radius 2 is 2.35 bits per heavy atom. The lowest BCUT2D eigenvalue weighted by molar-refractivity contribution is 0.153. The van der Waals surface area contributed by atoms with Gasteiger partial charge in [-0.1, -0.05) is 6.42 Å². The third-order valence-electron chi connectivity index (χ3n) is 3.32. The normalized spacial score (nSPS) is 21.4. The molecule has 1 aromatic heterocycles. The molecule has 1 atom stereocenters. The summed E-state index contributed by atoms with van der Waals surface area (Å²) >= 11 is 3.39. The van der Waals surface area contributed by atoms with Crippen molar-refractivity contribution in [2.75, 3.05) is 20.2 Å². The van der Waals surface area contributed by atoms with E-state index in [1.165, 1.54) is 25.8 Å². The van der Waals surface area contributed by atoms with Crippen LogP contribution in [0.15, 0.2) is 22.9 Å². The van der Waals surface area contributed by atoms with Crippen molar-refractivity contribution in [2.45, 2.75) is 31.7 Å². The number of nitrogens with zero attached hydrogens (tertiary/aromatic N) is 2. The first kappa shape index (κ1) is 12.8. The van der Waals surface area contributed by atoms with Gasteiger partial charge in [0.25, 0.3) is 0 Å². The highest BCUT2D eigenvalue weighted by Crippen LogP contribution is 2.19. The molecule has 94 valence electrons. The van der Waals surface area contributed by atoms with Gasteiger partial charge >= 0.3 is 0 Å². The van der Waals surface area contributed by atoms with Gasteiger partial charge in [0.2, 0.25) is 0 Å². The Kier molecular flexibility index (Phi) is 4.80. The molecule has 1 aromatic rings. The van der Waals surface area contributed by atoms with E-state index in [9.17, 15) is 0 Å².